The summed E-state index contributed by atoms with van der Waals surface area (Å²) in [6, 6.07) is 12.3. The second-order valence-corrected chi connectivity index (χ2v) is 12.8. The molecule has 2 N–H and O–H groups in total. The van der Waals surface area contributed by atoms with E-state index >= 15 is 0 Å². The molecule has 226 valence electrons. The Labute approximate surface area is 255 Å². The third-order valence-corrected chi connectivity index (χ3v) is 10.2. The van der Waals surface area contributed by atoms with Crippen molar-refractivity contribution < 1.29 is 14.3 Å². The van der Waals surface area contributed by atoms with E-state index in [0.717, 1.165) is 64.4 Å². The maximum atomic E-state index is 13.8. The maximum Gasteiger partial charge on any atom is 0.254 e. The third kappa shape index (κ3) is 4.14. The van der Waals surface area contributed by atoms with E-state index in [-0.39, 0.29) is 5.91 Å². The maximum absolute atomic E-state index is 13.8. The smallest absolute Gasteiger partial charge is 0.254 e. The lowest BCUT2D eigenvalue weighted by Crippen LogP contribution is -2.38. The number of carbonyl (C=O) groups is 1. The van der Waals surface area contributed by atoms with Gasteiger partial charge in [0.2, 0.25) is 0 Å². The number of nitrogen functional groups attached to an aromatic ring is 1. The molecule has 4 aromatic heterocycles. The highest BCUT2D eigenvalue weighted by atomic mass is 16.5. The first kappa shape index (κ1) is 27.0. The Kier molecular flexibility index (Phi) is 6.11. The zero-order valence-corrected chi connectivity index (χ0v) is 25.6. The Morgan fingerprint density at radius 2 is 1.84 bits per heavy atom. The van der Waals surface area contributed by atoms with E-state index in [0.29, 0.717) is 46.7 Å². The topological polar surface area (TPSA) is 113 Å². The summed E-state index contributed by atoms with van der Waals surface area (Å²) in [4.78, 5) is 30.4. The first-order chi connectivity index (χ1) is 21.3. The predicted octanol–water partition coefficient (Wildman–Crippen LogP) is 5.53. The molecule has 44 heavy (non-hydrogen) atoms. The van der Waals surface area contributed by atoms with Gasteiger partial charge in [0.25, 0.3) is 5.91 Å². The summed E-state index contributed by atoms with van der Waals surface area (Å²) < 4.78 is 15.7. The van der Waals surface area contributed by atoms with Gasteiger partial charge in [-0.25, -0.2) is 15.0 Å². The summed E-state index contributed by atoms with van der Waals surface area (Å²) in [6.07, 6.45) is 6.45. The number of aromatic nitrogens is 5. The minimum Gasteiger partial charge on any atom is -0.494 e. The van der Waals surface area contributed by atoms with Crippen LogP contribution in [0.3, 0.4) is 0 Å². The van der Waals surface area contributed by atoms with Crippen molar-refractivity contribution in [1.29, 1.82) is 0 Å². The highest BCUT2D eigenvalue weighted by molar-refractivity contribution is 6.00. The molecule has 1 aromatic carbocycles. The van der Waals surface area contributed by atoms with Crippen LogP contribution in [0.5, 0.6) is 11.5 Å². The van der Waals surface area contributed by atoms with Gasteiger partial charge in [-0.2, -0.15) is 0 Å². The van der Waals surface area contributed by atoms with Gasteiger partial charge in [0.05, 0.1) is 31.1 Å². The number of aryl methyl sites for hydroxylation is 1. The predicted molar refractivity (Wildman–Crippen MR) is 170 cm³/mol. The van der Waals surface area contributed by atoms with Crippen LogP contribution in [-0.2, 0) is 13.6 Å². The molecular weight excluding hydrogens is 554 g/mol. The molecule has 3 atom stereocenters. The van der Waals surface area contributed by atoms with E-state index in [9.17, 15) is 4.79 Å². The molecule has 3 fully saturated rings. The fourth-order valence-corrected chi connectivity index (χ4v) is 7.50. The lowest BCUT2D eigenvalue weighted by molar-refractivity contribution is 0.0696. The highest BCUT2D eigenvalue weighted by Crippen LogP contribution is 2.44. The number of nitrogens with two attached hydrogens (primary N) is 1. The Morgan fingerprint density at radius 1 is 1.02 bits per heavy atom. The normalized spacial score (nSPS) is 21.1. The molecule has 5 heterocycles. The molecule has 0 radical (unpaired) electrons. The van der Waals surface area contributed by atoms with E-state index in [2.05, 4.69) is 38.1 Å². The number of fused-ring (bicyclic) bond motifs is 4. The highest BCUT2D eigenvalue weighted by Gasteiger charge is 2.46. The fourth-order valence-electron chi connectivity index (χ4n) is 7.50. The molecule has 0 spiro atoms. The number of amides is 1. The summed E-state index contributed by atoms with van der Waals surface area (Å²) in [5, 5.41) is 1.04. The van der Waals surface area contributed by atoms with Gasteiger partial charge in [0, 0.05) is 48.9 Å². The average molecular weight is 592 g/mol. The van der Waals surface area contributed by atoms with Crippen LogP contribution in [0.1, 0.15) is 43.0 Å². The number of pyridine rings is 2. The van der Waals surface area contributed by atoms with Crippen molar-refractivity contribution in [2.75, 3.05) is 26.5 Å². The number of piperidine rings is 1. The Balaban J connectivity index is 1.24. The first-order valence-corrected chi connectivity index (χ1v) is 15.5. The Hall–Kier alpha value is -4.60. The van der Waals surface area contributed by atoms with Crippen molar-refractivity contribution >= 4 is 33.8 Å². The molecule has 5 aromatic rings. The number of benzene rings is 1. The zero-order valence-electron chi connectivity index (χ0n) is 25.6. The quantitative estimate of drug-likeness (QED) is 0.265. The van der Waals surface area contributed by atoms with Crippen LogP contribution in [0.25, 0.3) is 44.8 Å². The molecule has 1 saturated heterocycles. The number of ether oxygens (including phenoxy) is 2. The van der Waals surface area contributed by atoms with Crippen LogP contribution >= 0.6 is 0 Å². The molecule has 2 aliphatic carbocycles. The van der Waals surface area contributed by atoms with Gasteiger partial charge in [-0.15, -0.1) is 0 Å². The van der Waals surface area contributed by atoms with E-state index < -0.39 is 0 Å². The molecular formula is C34H37N7O3. The summed E-state index contributed by atoms with van der Waals surface area (Å²) >= 11 is 0. The minimum atomic E-state index is 0.0739. The molecule has 3 aliphatic rings. The van der Waals surface area contributed by atoms with Gasteiger partial charge in [0.1, 0.15) is 16.9 Å². The van der Waals surface area contributed by atoms with Gasteiger partial charge < -0.3 is 29.2 Å². The minimum absolute atomic E-state index is 0.0739. The number of nitrogens with zero attached hydrogens (tertiary/aromatic N) is 6. The molecule has 1 aliphatic heterocycles. The van der Waals surface area contributed by atoms with Gasteiger partial charge in [0.15, 0.2) is 17.4 Å². The lowest BCUT2D eigenvalue weighted by atomic mass is 10.0. The van der Waals surface area contributed by atoms with Crippen molar-refractivity contribution in [2.24, 2.45) is 24.8 Å². The van der Waals surface area contributed by atoms with Crippen molar-refractivity contribution in [3.63, 3.8) is 0 Å². The second kappa shape index (κ2) is 9.97. The SMILES string of the molecule is COc1cc(-c2ccc3cc(-c4nc5cc(C(=O)N6CC7CCC6[C@@H]7C)cc(OC)c5n4C)n(CC4CC4)c3n2)cnc1N. The molecule has 2 saturated carbocycles. The standard InChI is InChI=1S/C34H37N7O3/c1-18-21-8-10-26(18)41(17-21)34(42)22-11-25-30(28(13-22)43-3)39(2)33(38-25)27-12-20-7-9-24(23-14-29(44-4)31(35)36-15-23)37-32(20)40(27)16-19-5-6-19/h7,9,11-15,18-19,21,26H,5-6,8,10,16-17H2,1-4H3,(H2,35,36)/t18-,21?,26?/m1/s1. The van der Waals surface area contributed by atoms with Crippen LogP contribution in [0.4, 0.5) is 5.82 Å². The van der Waals surface area contributed by atoms with Crippen LogP contribution < -0.4 is 15.2 Å². The van der Waals surface area contributed by atoms with Crippen LogP contribution in [0, 0.1) is 17.8 Å². The van der Waals surface area contributed by atoms with Crippen molar-refractivity contribution in [1.82, 2.24) is 29.0 Å². The van der Waals surface area contributed by atoms with E-state index in [4.69, 9.17) is 25.2 Å². The Bertz CT molecular complexity index is 1960. The van der Waals surface area contributed by atoms with Gasteiger partial charge >= 0.3 is 0 Å². The van der Waals surface area contributed by atoms with E-state index in [1.165, 1.54) is 19.3 Å². The van der Waals surface area contributed by atoms with Crippen molar-refractivity contribution in [3.05, 3.63) is 48.2 Å². The monoisotopic (exact) mass is 591 g/mol. The summed E-state index contributed by atoms with van der Waals surface area (Å²) in [6.45, 7) is 3.98. The molecule has 2 unspecified atom stereocenters. The molecule has 8 rings (SSSR count). The number of anilines is 1. The second-order valence-electron chi connectivity index (χ2n) is 12.8. The average Bonchev–Trinajstić information content (AvgIpc) is 3.44. The number of hydrogen-bond donors (Lipinski definition) is 1. The van der Waals surface area contributed by atoms with Crippen LogP contribution in [0.2, 0.25) is 0 Å². The first-order valence-electron chi connectivity index (χ1n) is 15.5. The summed E-state index contributed by atoms with van der Waals surface area (Å²) in [5.74, 6) is 4.19. The number of likely N-dealkylation sites (tertiary alicyclic amines) is 1. The fraction of sp³-hybridized carbons (Fsp3) is 0.412. The van der Waals surface area contributed by atoms with Crippen molar-refractivity contribution in [3.8, 4) is 34.3 Å². The van der Waals surface area contributed by atoms with Crippen LogP contribution in [-0.4, -0.2) is 61.7 Å². The number of methoxy groups -OCH3 is 2. The number of rotatable bonds is 7. The Morgan fingerprint density at radius 3 is 2.55 bits per heavy atom. The number of imidazole rings is 1. The van der Waals surface area contributed by atoms with E-state index in [1.807, 2.05) is 31.3 Å². The molecule has 10 nitrogen and oxygen atoms in total. The molecule has 2 bridgehead atoms. The molecule has 10 heteroatoms. The van der Waals surface area contributed by atoms with E-state index in [1.54, 1.807) is 20.4 Å². The van der Waals surface area contributed by atoms with Gasteiger partial charge in [-0.3, -0.25) is 4.79 Å². The number of hydrogen-bond acceptors (Lipinski definition) is 7. The lowest BCUT2D eigenvalue weighted by Gasteiger charge is -2.27. The van der Waals surface area contributed by atoms with Gasteiger partial charge in [-0.05, 0) is 79.8 Å². The molecule has 1 amide bonds. The number of carbonyl (C=O) groups excluding carboxylic acids is 1. The third-order valence-electron chi connectivity index (χ3n) is 10.2. The summed E-state index contributed by atoms with van der Waals surface area (Å²) in [5.41, 5.74) is 11.7. The van der Waals surface area contributed by atoms with Gasteiger partial charge in [-0.1, -0.05) is 6.92 Å². The summed E-state index contributed by atoms with van der Waals surface area (Å²) in [7, 11) is 5.26. The van der Waals surface area contributed by atoms with Crippen molar-refractivity contribution in [2.45, 2.75) is 45.2 Å². The largest absolute Gasteiger partial charge is 0.494 e. The van der Waals surface area contributed by atoms with Crippen LogP contribution in [0.15, 0.2) is 42.6 Å². The zero-order chi connectivity index (χ0) is 30.3.